The maximum absolute atomic E-state index is 6.06. The molecule has 2 rings (SSSR count). The molecular weight excluding hydrogens is 214 g/mol. The first-order valence-corrected chi connectivity index (χ1v) is 5.06. The van der Waals surface area contributed by atoms with Gasteiger partial charge < -0.3 is 16.2 Å². The zero-order valence-corrected chi connectivity index (χ0v) is 9.34. The standard InChI is InChI=1S/C12H10O.CH5N3/c1-3-7-11(8-4-1)13-12-9-5-2-6-10-12;2-1(3)4/h1-10H;(H5,2,3,4). The summed E-state index contributed by atoms with van der Waals surface area (Å²) in [5.74, 6) is 1.41. The lowest BCUT2D eigenvalue weighted by Gasteiger charge is -2.03. The van der Waals surface area contributed by atoms with Crippen LogP contribution in [0.2, 0.25) is 0 Å². The van der Waals surface area contributed by atoms with Gasteiger partial charge in [0.25, 0.3) is 0 Å². The van der Waals surface area contributed by atoms with Gasteiger partial charge in [0.15, 0.2) is 5.96 Å². The Morgan fingerprint density at radius 1 is 0.765 bits per heavy atom. The summed E-state index contributed by atoms with van der Waals surface area (Å²) in [6.07, 6.45) is 0. The van der Waals surface area contributed by atoms with Crippen molar-refractivity contribution < 1.29 is 4.74 Å². The van der Waals surface area contributed by atoms with E-state index >= 15 is 0 Å². The Bertz CT molecular complexity index is 401. The van der Waals surface area contributed by atoms with Gasteiger partial charge in [0, 0.05) is 0 Å². The van der Waals surface area contributed by atoms with Crippen molar-refractivity contribution in [2.75, 3.05) is 0 Å². The molecule has 0 bridgehead atoms. The van der Waals surface area contributed by atoms with E-state index in [0.717, 1.165) is 11.5 Å². The van der Waals surface area contributed by atoms with Gasteiger partial charge in [-0.2, -0.15) is 0 Å². The maximum Gasteiger partial charge on any atom is 0.183 e. The third kappa shape index (κ3) is 5.84. The first kappa shape index (κ1) is 12.6. The van der Waals surface area contributed by atoms with Gasteiger partial charge in [-0.15, -0.1) is 0 Å². The van der Waals surface area contributed by atoms with Crippen LogP contribution >= 0.6 is 0 Å². The molecule has 4 heteroatoms. The van der Waals surface area contributed by atoms with E-state index in [1.807, 2.05) is 60.7 Å². The van der Waals surface area contributed by atoms with Crippen molar-refractivity contribution in [1.82, 2.24) is 0 Å². The first-order chi connectivity index (χ1) is 8.18. The third-order valence-electron chi connectivity index (χ3n) is 1.72. The number of para-hydroxylation sites is 2. The summed E-state index contributed by atoms with van der Waals surface area (Å²) < 4.78 is 5.58. The van der Waals surface area contributed by atoms with Gasteiger partial charge in [-0.25, -0.2) is 0 Å². The highest BCUT2D eigenvalue weighted by Gasteiger charge is 1.92. The molecule has 0 radical (unpaired) electrons. The largest absolute Gasteiger partial charge is 0.457 e. The van der Waals surface area contributed by atoms with Crippen LogP contribution in [0.25, 0.3) is 0 Å². The molecule has 0 amide bonds. The Morgan fingerprint density at radius 2 is 1.06 bits per heavy atom. The number of ether oxygens (including phenoxy) is 1. The molecular formula is C13H15N3O. The number of nitrogens with two attached hydrogens (primary N) is 2. The molecule has 0 saturated heterocycles. The maximum atomic E-state index is 6.06. The van der Waals surface area contributed by atoms with Crippen molar-refractivity contribution >= 4 is 5.96 Å². The van der Waals surface area contributed by atoms with Crippen molar-refractivity contribution in [3.63, 3.8) is 0 Å². The van der Waals surface area contributed by atoms with Crippen LogP contribution in [0.15, 0.2) is 60.7 Å². The molecule has 0 aliphatic heterocycles. The van der Waals surface area contributed by atoms with Crippen molar-refractivity contribution in [1.29, 1.82) is 5.41 Å². The highest BCUT2D eigenvalue weighted by molar-refractivity contribution is 5.71. The second-order valence-electron chi connectivity index (χ2n) is 3.18. The van der Waals surface area contributed by atoms with Crippen LogP contribution in [0.4, 0.5) is 0 Å². The summed E-state index contributed by atoms with van der Waals surface area (Å²) in [5, 5.41) is 6.06. The van der Waals surface area contributed by atoms with Gasteiger partial charge in [-0.3, -0.25) is 5.41 Å². The van der Waals surface area contributed by atoms with Gasteiger partial charge in [0.1, 0.15) is 11.5 Å². The summed E-state index contributed by atoms with van der Waals surface area (Å²) >= 11 is 0. The fourth-order valence-corrected chi connectivity index (χ4v) is 1.11. The zero-order valence-electron chi connectivity index (χ0n) is 9.34. The molecule has 0 aliphatic rings. The fourth-order valence-electron chi connectivity index (χ4n) is 1.11. The van der Waals surface area contributed by atoms with E-state index in [9.17, 15) is 0 Å². The average molecular weight is 229 g/mol. The van der Waals surface area contributed by atoms with E-state index in [2.05, 4.69) is 11.5 Å². The number of guanidine groups is 1. The van der Waals surface area contributed by atoms with Gasteiger partial charge in [-0.05, 0) is 24.3 Å². The van der Waals surface area contributed by atoms with Gasteiger partial charge in [0.2, 0.25) is 0 Å². The Morgan fingerprint density at radius 3 is 1.35 bits per heavy atom. The topological polar surface area (TPSA) is 85.1 Å². The lowest BCUT2D eigenvalue weighted by Crippen LogP contribution is -2.20. The predicted octanol–water partition coefficient (Wildman–Crippen LogP) is 2.32. The zero-order chi connectivity index (χ0) is 12.5. The molecule has 4 nitrogen and oxygen atoms in total. The minimum absolute atomic E-state index is 0.333. The molecule has 0 atom stereocenters. The molecule has 2 aromatic rings. The van der Waals surface area contributed by atoms with E-state index < -0.39 is 0 Å². The molecule has 2 aromatic carbocycles. The van der Waals surface area contributed by atoms with Gasteiger partial charge in [-0.1, -0.05) is 36.4 Å². The van der Waals surface area contributed by atoms with E-state index in [0.29, 0.717) is 0 Å². The molecule has 0 fully saturated rings. The quantitative estimate of drug-likeness (QED) is 0.545. The van der Waals surface area contributed by atoms with Crippen LogP contribution in [0, 0.1) is 5.41 Å². The van der Waals surface area contributed by atoms with Crippen LogP contribution < -0.4 is 16.2 Å². The minimum atomic E-state index is -0.333. The highest BCUT2D eigenvalue weighted by Crippen LogP contribution is 2.19. The molecule has 88 valence electrons. The lowest BCUT2D eigenvalue weighted by atomic mass is 10.3. The molecule has 0 unspecified atom stereocenters. The fraction of sp³-hybridized carbons (Fsp3) is 0. The van der Waals surface area contributed by atoms with Crippen LogP contribution in [-0.4, -0.2) is 5.96 Å². The molecule has 17 heavy (non-hydrogen) atoms. The second-order valence-corrected chi connectivity index (χ2v) is 3.18. The van der Waals surface area contributed by atoms with Crippen LogP contribution in [-0.2, 0) is 0 Å². The van der Waals surface area contributed by atoms with Crippen molar-refractivity contribution in [2.45, 2.75) is 0 Å². The SMILES string of the molecule is N=C(N)N.c1ccc(Oc2ccccc2)cc1. The number of nitrogens with one attached hydrogen (secondary N) is 1. The monoisotopic (exact) mass is 229 g/mol. The molecule has 0 aromatic heterocycles. The Hall–Kier alpha value is -2.49. The highest BCUT2D eigenvalue weighted by atomic mass is 16.5. The smallest absolute Gasteiger partial charge is 0.183 e. The Kier molecular flexibility index (Phi) is 5.10. The molecule has 0 heterocycles. The first-order valence-electron chi connectivity index (χ1n) is 5.06. The van der Waals surface area contributed by atoms with Crippen molar-refractivity contribution in [3.05, 3.63) is 60.7 Å². The summed E-state index contributed by atoms with van der Waals surface area (Å²) in [6, 6.07) is 19.5. The van der Waals surface area contributed by atoms with E-state index in [1.54, 1.807) is 0 Å². The molecule has 0 spiro atoms. The van der Waals surface area contributed by atoms with Crippen LogP contribution in [0.3, 0.4) is 0 Å². The summed E-state index contributed by atoms with van der Waals surface area (Å²) in [5.41, 5.74) is 8.94. The number of hydrogen-bond acceptors (Lipinski definition) is 2. The lowest BCUT2D eigenvalue weighted by molar-refractivity contribution is 0.482. The number of benzene rings is 2. The van der Waals surface area contributed by atoms with E-state index in [1.165, 1.54) is 0 Å². The average Bonchev–Trinajstić information content (AvgIpc) is 2.31. The Labute approximate surface area is 100 Å². The Balaban J connectivity index is 0.000000317. The summed E-state index contributed by atoms with van der Waals surface area (Å²) in [7, 11) is 0. The second kappa shape index (κ2) is 6.90. The van der Waals surface area contributed by atoms with E-state index in [-0.39, 0.29) is 5.96 Å². The predicted molar refractivity (Wildman–Crippen MR) is 69.1 cm³/mol. The van der Waals surface area contributed by atoms with Gasteiger partial charge in [0.05, 0.1) is 0 Å². The summed E-state index contributed by atoms with van der Waals surface area (Å²) in [6.45, 7) is 0. The minimum Gasteiger partial charge on any atom is -0.457 e. The van der Waals surface area contributed by atoms with Crippen molar-refractivity contribution in [3.8, 4) is 11.5 Å². The van der Waals surface area contributed by atoms with Crippen LogP contribution in [0.5, 0.6) is 11.5 Å². The van der Waals surface area contributed by atoms with Crippen LogP contribution in [0.1, 0.15) is 0 Å². The number of rotatable bonds is 2. The van der Waals surface area contributed by atoms with Gasteiger partial charge >= 0.3 is 0 Å². The number of hydrogen-bond donors (Lipinski definition) is 3. The molecule has 5 N–H and O–H groups in total. The third-order valence-corrected chi connectivity index (χ3v) is 1.72. The van der Waals surface area contributed by atoms with Crippen molar-refractivity contribution in [2.24, 2.45) is 11.5 Å². The molecule has 0 saturated carbocycles. The van der Waals surface area contributed by atoms with E-state index in [4.69, 9.17) is 10.1 Å². The summed E-state index contributed by atoms with van der Waals surface area (Å²) in [4.78, 5) is 0. The normalized spacial score (nSPS) is 8.71. The molecule has 0 aliphatic carbocycles.